The molecule has 2 aliphatic rings. The van der Waals surface area contributed by atoms with E-state index >= 15 is 0 Å². The second-order valence-electron chi connectivity index (χ2n) is 17.2. The van der Waals surface area contributed by atoms with Crippen LogP contribution in [-0.2, 0) is 9.59 Å². The number of carbonyl (C=O) groups is 2. The van der Waals surface area contributed by atoms with Gasteiger partial charge >= 0.3 is 0 Å². The highest BCUT2D eigenvalue weighted by molar-refractivity contribution is 6.40. The fourth-order valence-corrected chi connectivity index (χ4v) is 6.77. The molecule has 2 aromatic carbocycles. The van der Waals surface area contributed by atoms with Crippen molar-refractivity contribution in [3.05, 3.63) is 114 Å². The molecule has 52 heavy (non-hydrogen) atoms. The zero-order valence-electron chi connectivity index (χ0n) is 31.9. The van der Waals surface area contributed by atoms with Crippen molar-refractivity contribution in [3.8, 4) is 11.1 Å². The first-order chi connectivity index (χ1) is 23.8. The average Bonchev–Trinajstić information content (AvgIpc) is 2.98. The fraction of sp³-hybridized carbons (Fsp3) is 0.381. The first kappa shape index (κ1) is 41.3. The molecule has 0 aromatic heterocycles. The SMILES string of the molecule is CC(C)(C)C1=CC(=C/N=N/c2c(Cl)cc(-c3cc(Cl)c(/N=N/C=C4C=C(C(C)(C)C)C(=O)C(C(C)(C)C)=C4)c(Cl)c3)cc2Cl)C=C(C(C)(C)C)C1=O. The van der Waals surface area contributed by atoms with Gasteiger partial charge in [-0.2, -0.15) is 10.2 Å². The molecular formula is C42H46Cl4N4O2. The number of hydrogen-bond donors (Lipinski definition) is 0. The average molecular weight is 781 g/mol. The summed E-state index contributed by atoms with van der Waals surface area (Å²) >= 11 is 26.7. The molecule has 0 heterocycles. The molecule has 0 saturated carbocycles. The number of carbonyl (C=O) groups excluding carboxylic acids is 2. The van der Waals surface area contributed by atoms with E-state index in [-0.39, 0.29) is 53.3 Å². The number of azo groups is 2. The number of Topliss-reactive ketones (excluding diaryl/α,β-unsaturated/α-hetero) is 2. The van der Waals surface area contributed by atoms with E-state index in [1.807, 2.05) is 107 Å². The minimum absolute atomic E-state index is 0.0434. The van der Waals surface area contributed by atoms with Crippen LogP contribution in [0.15, 0.2) is 115 Å². The van der Waals surface area contributed by atoms with Gasteiger partial charge < -0.3 is 0 Å². The molecule has 0 amide bonds. The van der Waals surface area contributed by atoms with E-state index in [1.54, 1.807) is 36.7 Å². The predicted octanol–water partition coefficient (Wildman–Crippen LogP) is 15.0. The quantitative estimate of drug-likeness (QED) is 0.283. The van der Waals surface area contributed by atoms with Gasteiger partial charge in [-0.3, -0.25) is 9.59 Å². The molecule has 0 N–H and O–H groups in total. The van der Waals surface area contributed by atoms with Crippen molar-refractivity contribution >= 4 is 69.3 Å². The largest absolute Gasteiger partial charge is 0.289 e. The van der Waals surface area contributed by atoms with Crippen LogP contribution >= 0.6 is 46.4 Å². The van der Waals surface area contributed by atoms with E-state index in [0.717, 1.165) is 11.1 Å². The van der Waals surface area contributed by atoms with E-state index in [9.17, 15) is 9.59 Å². The molecule has 0 aliphatic heterocycles. The molecular weight excluding hydrogens is 734 g/mol. The number of allylic oxidation sites excluding steroid dienone is 10. The van der Waals surface area contributed by atoms with Crippen LogP contribution in [-0.4, -0.2) is 11.6 Å². The topological polar surface area (TPSA) is 83.6 Å². The molecule has 10 heteroatoms. The van der Waals surface area contributed by atoms with Crippen LogP contribution in [0.5, 0.6) is 0 Å². The van der Waals surface area contributed by atoms with Gasteiger partial charge in [-0.15, -0.1) is 10.2 Å². The summed E-state index contributed by atoms with van der Waals surface area (Å²) in [5.41, 5.74) is 4.90. The number of hydrogen-bond acceptors (Lipinski definition) is 6. The standard InChI is InChI=1S/C42H46Cl4N4O2/c1-39(2,3)27-13-23(14-28(37(27)51)40(4,5)6)21-47-49-35-31(43)17-25(18-32(35)44)26-19-33(45)36(34(46)20-26)50-48-22-24-15-29(41(7,8)9)38(52)30(16-24)42(10,11)12/h13-22H,1-12H3/b49-47+,50-48+. The zero-order chi connectivity index (χ0) is 39.1. The summed E-state index contributed by atoms with van der Waals surface area (Å²) in [7, 11) is 0. The van der Waals surface area contributed by atoms with Crippen molar-refractivity contribution in [3.63, 3.8) is 0 Å². The number of ketones is 2. The van der Waals surface area contributed by atoms with Crippen molar-refractivity contribution < 1.29 is 9.59 Å². The van der Waals surface area contributed by atoms with Gasteiger partial charge in [0.25, 0.3) is 0 Å². The molecule has 2 aromatic rings. The van der Waals surface area contributed by atoms with Gasteiger partial charge in [-0.05, 0) is 92.5 Å². The Labute approximate surface area is 328 Å². The third-order valence-corrected chi connectivity index (χ3v) is 9.70. The maximum atomic E-state index is 13.3. The Morgan fingerprint density at radius 1 is 0.442 bits per heavy atom. The van der Waals surface area contributed by atoms with Crippen molar-refractivity contribution in [1.82, 2.24) is 0 Å². The number of benzene rings is 2. The summed E-state index contributed by atoms with van der Waals surface area (Å²) in [6.07, 6.45) is 10.6. The lowest BCUT2D eigenvalue weighted by Crippen LogP contribution is -2.27. The van der Waals surface area contributed by atoms with Gasteiger partial charge in [-0.25, -0.2) is 0 Å². The molecule has 6 nitrogen and oxygen atoms in total. The van der Waals surface area contributed by atoms with Crippen LogP contribution in [0.25, 0.3) is 11.1 Å². The molecule has 0 unspecified atom stereocenters. The van der Waals surface area contributed by atoms with Crippen molar-refractivity contribution in [2.24, 2.45) is 42.1 Å². The summed E-state index contributed by atoms with van der Waals surface area (Å²) in [5.74, 6) is 0.0868. The lowest BCUT2D eigenvalue weighted by molar-refractivity contribution is -0.114. The highest BCUT2D eigenvalue weighted by Gasteiger charge is 2.35. The van der Waals surface area contributed by atoms with E-state index in [1.165, 1.54) is 0 Å². The molecule has 0 bridgehead atoms. The van der Waals surface area contributed by atoms with Crippen LogP contribution in [0.3, 0.4) is 0 Å². The normalized spacial score (nSPS) is 16.4. The number of nitrogens with zero attached hydrogens (tertiary/aromatic N) is 4. The first-order valence-corrected chi connectivity index (χ1v) is 18.5. The van der Waals surface area contributed by atoms with Gasteiger partial charge in [0, 0.05) is 22.3 Å². The third kappa shape index (κ3) is 9.57. The monoisotopic (exact) mass is 778 g/mol. The number of halogens is 4. The Bertz CT molecular complexity index is 1810. The highest BCUT2D eigenvalue weighted by Crippen LogP contribution is 2.44. The Kier molecular flexibility index (Phi) is 12.0. The van der Waals surface area contributed by atoms with Crippen LogP contribution < -0.4 is 0 Å². The predicted molar refractivity (Wildman–Crippen MR) is 217 cm³/mol. The van der Waals surface area contributed by atoms with E-state index in [0.29, 0.717) is 44.8 Å². The van der Waals surface area contributed by atoms with Gasteiger partial charge in [0.15, 0.2) is 11.6 Å². The molecule has 274 valence electrons. The minimum Gasteiger partial charge on any atom is -0.289 e. The fourth-order valence-electron chi connectivity index (χ4n) is 5.64. The van der Waals surface area contributed by atoms with Crippen LogP contribution in [0.1, 0.15) is 83.1 Å². The van der Waals surface area contributed by atoms with Crippen LogP contribution in [0.4, 0.5) is 11.4 Å². The van der Waals surface area contributed by atoms with Gasteiger partial charge in [0.1, 0.15) is 11.4 Å². The Hall–Kier alpha value is -3.42. The summed E-state index contributed by atoms with van der Waals surface area (Å²) in [6.45, 7) is 24.2. The molecule has 4 rings (SSSR count). The third-order valence-electron chi connectivity index (χ3n) is 8.55. The van der Waals surface area contributed by atoms with Gasteiger partial charge in [0.2, 0.25) is 0 Å². The Balaban J connectivity index is 1.63. The lowest BCUT2D eigenvalue weighted by atomic mass is 9.72. The van der Waals surface area contributed by atoms with Gasteiger partial charge in [0.05, 0.1) is 32.5 Å². The molecule has 0 spiro atoms. The van der Waals surface area contributed by atoms with E-state index in [2.05, 4.69) is 20.5 Å². The Morgan fingerprint density at radius 3 is 0.885 bits per heavy atom. The maximum absolute atomic E-state index is 13.3. The first-order valence-electron chi connectivity index (χ1n) is 17.0. The second-order valence-corrected chi connectivity index (χ2v) is 18.8. The Morgan fingerprint density at radius 2 is 0.673 bits per heavy atom. The summed E-state index contributed by atoms with van der Waals surface area (Å²) in [6, 6.07) is 6.83. The molecule has 0 radical (unpaired) electrons. The second kappa shape index (κ2) is 15.1. The summed E-state index contributed by atoms with van der Waals surface area (Å²) in [5, 5.41) is 18.3. The van der Waals surface area contributed by atoms with Crippen molar-refractivity contribution in [2.45, 2.75) is 83.1 Å². The molecule has 2 aliphatic carbocycles. The van der Waals surface area contributed by atoms with Crippen molar-refractivity contribution in [1.29, 1.82) is 0 Å². The van der Waals surface area contributed by atoms with Gasteiger partial charge in [-0.1, -0.05) is 129 Å². The number of rotatable bonds is 5. The maximum Gasteiger partial charge on any atom is 0.186 e. The van der Waals surface area contributed by atoms with E-state index in [4.69, 9.17) is 46.4 Å². The molecule has 0 saturated heterocycles. The minimum atomic E-state index is -0.343. The summed E-state index contributed by atoms with van der Waals surface area (Å²) in [4.78, 5) is 26.5. The molecule has 0 fully saturated rings. The molecule has 0 atom stereocenters. The smallest absolute Gasteiger partial charge is 0.186 e. The van der Waals surface area contributed by atoms with Crippen LogP contribution in [0.2, 0.25) is 20.1 Å². The lowest BCUT2D eigenvalue weighted by Gasteiger charge is -2.31. The van der Waals surface area contributed by atoms with E-state index < -0.39 is 0 Å². The highest BCUT2D eigenvalue weighted by atomic mass is 35.5. The van der Waals surface area contributed by atoms with Crippen LogP contribution in [0, 0.1) is 21.7 Å². The summed E-state index contributed by atoms with van der Waals surface area (Å²) < 4.78 is 0. The van der Waals surface area contributed by atoms with Crippen molar-refractivity contribution in [2.75, 3.05) is 0 Å². The zero-order valence-corrected chi connectivity index (χ0v) is 34.9.